The average molecular weight is 518 g/mol. The number of nitrogens with zero attached hydrogens (tertiary/aromatic N) is 4. The first kappa shape index (κ1) is 25.5. The second-order valence-corrected chi connectivity index (χ2v) is 12.2. The number of hydrogen-bond donors (Lipinski definition) is 1. The van der Waals surface area contributed by atoms with Gasteiger partial charge >= 0.3 is 0 Å². The van der Waals surface area contributed by atoms with Crippen molar-refractivity contribution in [1.29, 1.82) is 0 Å². The maximum absolute atomic E-state index is 13.6. The summed E-state index contributed by atoms with van der Waals surface area (Å²) in [6.07, 6.45) is 8.08. The highest BCUT2D eigenvalue weighted by Crippen LogP contribution is 2.35. The lowest BCUT2D eigenvalue weighted by molar-refractivity contribution is -0.00226. The van der Waals surface area contributed by atoms with Gasteiger partial charge < -0.3 is 9.64 Å². The molecule has 3 fully saturated rings. The second-order valence-electron chi connectivity index (χ2n) is 10.4. The standard InChI is InChI=1S/C26H36FN5O3S/c1-31(23-9-10-23)36(33,34)30-25-13-15-32(26-6-3-14-28-29-26)17-21(25)18-35-24-11-7-19(8-12-24)20-4-2-5-22(27)16-20/h2-6,14,16,19,21,23-25,30H,7-13,15,17-18H2,1H3/t19?,21-,24?,25-/m0/s1. The molecular weight excluding hydrogens is 481 g/mol. The third-order valence-electron chi connectivity index (χ3n) is 7.90. The van der Waals surface area contributed by atoms with Crippen molar-refractivity contribution >= 4 is 16.0 Å². The fourth-order valence-electron chi connectivity index (χ4n) is 5.52. The highest BCUT2D eigenvalue weighted by molar-refractivity contribution is 7.87. The number of benzene rings is 1. The Morgan fingerprint density at radius 1 is 1.11 bits per heavy atom. The molecule has 1 N–H and O–H groups in total. The van der Waals surface area contributed by atoms with Crippen molar-refractivity contribution in [3.8, 4) is 0 Å². The molecule has 8 nitrogen and oxygen atoms in total. The molecule has 2 atom stereocenters. The minimum absolute atomic E-state index is 0.0101. The van der Waals surface area contributed by atoms with Crippen molar-refractivity contribution in [2.45, 2.75) is 69.1 Å². The molecular formula is C26H36FN5O3S. The maximum atomic E-state index is 13.6. The molecule has 2 saturated carbocycles. The van der Waals surface area contributed by atoms with E-state index in [2.05, 4.69) is 19.8 Å². The molecule has 0 bridgehead atoms. The lowest BCUT2D eigenvalue weighted by Gasteiger charge is -2.40. The minimum atomic E-state index is -3.55. The van der Waals surface area contributed by atoms with Crippen molar-refractivity contribution < 1.29 is 17.5 Å². The fraction of sp³-hybridized carbons (Fsp3) is 0.615. The van der Waals surface area contributed by atoms with Crippen LogP contribution in [0.4, 0.5) is 10.2 Å². The van der Waals surface area contributed by atoms with Crippen molar-refractivity contribution in [3.63, 3.8) is 0 Å². The van der Waals surface area contributed by atoms with Crippen LogP contribution in [0.15, 0.2) is 42.6 Å². The second kappa shape index (κ2) is 11.1. The highest BCUT2D eigenvalue weighted by Gasteiger charge is 2.39. The summed E-state index contributed by atoms with van der Waals surface area (Å²) in [4.78, 5) is 2.16. The third kappa shape index (κ3) is 6.22. The van der Waals surface area contributed by atoms with Gasteiger partial charge in [-0.15, -0.1) is 5.10 Å². The Labute approximate surface area is 213 Å². The van der Waals surface area contributed by atoms with E-state index < -0.39 is 10.2 Å². The first-order chi connectivity index (χ1) is 17.4. The van der Waals surface area contributed by atoms with Gasteiger partial charge in [0.05, 0.1) is 12.7 Å². The van der Waals surface area contributed by atoms with Gasteiger partial charge in [-0.25, -0.2) is 4.39 Å². The van der Waals surface area contributed by atoms with E-state index in [0.29, 0.717) is 32.0 Å². The Morgan fingerprint density at radius 2 is 1.92 bits per heavy atom. The van der Waals surface area contributed by atoms with Gasteiger partial charge in [-0.2, -0.15) is 22.5 Å². The summed E-state index contributed by atoms with van der Waals surface area (Å²) in [6, 6.07) is 10.6. The number of hydrogen-bond acceptors (Lipinski definition) is 6. The normalized spacial score (nSPS) is 27.4. The molecule has 0 unspecified atom stereocenters. The summed E-state index contributed by atoms with van der Waals surface area (Å²) in [7, 11) is -1.88. The first-order valence-electron chi connectivity index (χ1n) is 13.0. The predicted octanol–water partition coefficient (Wildman–Crippen LogP) is 3.48. The molecule has 2 heterocycles. The lowest BCUT2D eigenvalue weighted by Crippen LogP contribution is -2.55. The molecule has 1 aliphatic heterocycles. The minimum Gasteiger partial charge on any atom is -0.378 e. The van der Waals surface area contributed by atoms with Crippen LogP contribution in [0.3, 0.4) is 0 Å². The van der Waals surface area contributed by atoms with E-state index in [1.165, 1.54) is 10.4 Å². The van der Waals surface area contributed by atoms with Crippen molar-refractivity contribution in [1.82, 2.24) is 19.2 Å². The van der Waals surface area contributed by atoms with Gasteiger partial charge in [0, 0.05) is 44.3 Å². The summed E-state index contributed by atoms with van der Waals surface area (Å²) < 4.78 is 50.5. The lowest BCUT2D eigenvalue weighted by atomic mass is 9.82. The summed E-state index contributed by atoms with van der Waals surface area (Å²) in [5, 5.41) is 8.26. The van der Waals surface area contributed by atoms with Crippen LogP contribution < -0.4 is 9.62 Å². The molecule has 0 spiro atoms. The summed E-state index contributed by atoms with van der Waals surface area (Å²) in [5.41, 5.74) is 1.06. The van der Waals surface area contributed by atoms with E-state index >= 15 is 0 Å². The van der Waals surface area contributed by atoms with Crippen LogP contribution in [0, 0.1) is 11.7 Å². The first-order valence-corrected chi connectivity index (χ1v) is 14.5. The number of aromatic nitrogens is 2. The summed E-state index contributed by atoms with van der Waals surface area (Å²) >= 11 is 0. The molecule has 2 aromatic rings. The molecule has 1 aromatic carbocycles. The number of anilines is 1. The van der Waals surface area contributed by atoms with Crippen molar-refractivity contribution in [3.05, 3.63) is 54.0 Å². The molecule has 10 heteroatoms. The largest absolute Gasteiger partial charge is 0.378 e. The topological polar surface area (TPSA) is 87.7 Å². The molecule has 0 radical (unpaired) electrons. The molecule has 3 aliphatic rings. The fourth-order valence-corrected chi connectivity index (χ4v) is 6.98. The molecule has 5 rings (SSSR count). The third-order valence-corrected chi connectivity index (χ3v) is 9.55. The molecule has 2 aliphatic carbocycles. The number of ether oxygens (including phenoxy) is 1. The van der Waals surface area contributed by atoms with Crippen LogP contribution in [-0.2, 0) is 14.9 Å². The van der Waals surface area contributed by atoms with Crippen molar-refractivity contribution in [2.24, 2.45) is 5.92 Å². The number of nitrogens with one attached hydrogen (secondary N) is 1. The van der Waals surface area contributed by atoms with Crippen molar-refractivity contribution in [2.75, 3.05) is 31.6 Å². The molecule has 36 heavy (non-hydrogen) atoms. The van der Waals surface area contributed by atoms with Crippen LogP contribution in [0.5, 0.6) is 0 Å². The number of halogens is 1. The van der Waals surface area contributed by atoms with Gasteiger partial charge in [-0.3, -0.25) is 0 Å². The average Bonchev–Trinajstić information content (AvgIpc) is 3.74. The Hall–Kier alpha value is -2.14. The van der Waals surface area contributed by atoms with Crippen LogP contribution >= 0.6 is 0 Å². The Balaban J connectivity index is 1.21. The van der Waals surface area contributed by atoms with E-state index in [1.807, 2.05) is 18.2 Å². The Kier molecular flexibility index (Phi) is 7.85. The van der Waals surface area contributed by atoms with Crippen LogP contribution in [0.2, 0.25) is 0 Å². The molecule has 196 valence electrons. The van der Waals surface area contributed by atoms with E-state index in [-0.39, 0.29) is 29.9 Å². The van der Waals surface area contributed by atoms with E-state index in [9.17, 15) is 12.8 Å². The SMILES string of the molecule is CN(C1CC1)S(=O)(=O)N[C@H]1CCN(c2cccnn2)C[C@H]1COC1CCC(c2cccc(F)c2)CC1. The maximum Gasteiger partial charge on any atom is 0.279 e. The van der Waals surface area contributed by atoms with Gasteiger partial charge in [0.25, 0.3) is 10.2 Å². The smallest absolute Gasteiger partial charge is 0.279 e. The number of piperidine rings is 1. The summed E-state index contributed by atoms with van der Waals surface area (Å²) in [6.45, 7) is 1.83. The molecule has 1 aromatic heterocycles. The highest BCUT2D eigenvalue weighted by atomic mass is 32.2. The molecule has 1 saturated heterocycles. The van der Waals surface area contributed by atoms with Gasteiger partial charge in [-0.05, 0) is 80.7 Å². The zero-order chi connectivity index (χ0) is 25.1. The van der Waals surface area contributed by atoms with E-state index in [4.69, 9.17) is 4.74 Å². The van der Waals surface area contributed by atoms with Gasteiger partial charge in [0.1, 0.15) is 5.82 Å². The van der Waals surface area contributed by atoms with Gasteiger partial charge in [0.15, 0.2) is 5.82 Å². The predicted molar refractivity (Wildman–Crippen MR) is 136 cm³/mol. The van der Waals surface area contributed by atoms with Crippen LogP contribution in [0.1, 0.15) is 56.4 Å². The quantitative estimate of drug-likeness (QED) is 0.548. The Morgan fingerprint density at radius 3 is 2.61 bits per heavy atom. The Bertz CT molecular complexity index is 1110. The van der Waals surface area contributed by atoms with E-state index in [0.717, 1.165) is 49.9 Å². The zero-order valence-corrected chi connectivity index (χ0v) is 21.6. The van der Waals surface area contributed by atoms with Gasteiger partial charge in [0.2, 0.25) is 0 Å². The molecule has 0 amide bonds. The monoisotopic (exact) mass is 517 g/mol. The van der Waals surface area contributed by atoms with Gasteiger partial charge in [-0.1, -0.05) is 12.1 Å². The van der Waals surface area contributed by atoms with E-state index in [1.54, 1.807) is 25.4 Å². The zero-order valence-electron chi connectivity index (χ0n) is 20.8. The van der Waals surface area contributed by atoms with Crippen LogP contribution in [-0.4, -0.2) is 67.9 Å². The summed E-state index contributed by atoms with van der Waals surface area (Å²) in [5.74, 6) is 0.968. The number of rotatable bonds is 9. The van der Waals surface area contributed by atoms with Crippen LogP contribution in [0.25, 0.3) is 0 Å².